The van der Waals surface area contributed by atoms with Crippen LogP contribution in [0.5, 0.6) is 0 Å². The monoisotopic (exact) mass is 215 g/mol. The summed E-state index contributed by atoms with van der Waals surface area (Å²) in [6.45, 7) is 3.78. The van der Waals surface area contributed by atoms with Gasteiger partial charge in [0.1, 0.15) is 5.69 Å². The van der Waals surface area contributed by atoms with E-state index in [0.29, 0.717) is 11.3 Å². The van der Waals surface area contributed by atoms with Gasteiger partial charge in [0.05, 0.1) is 5.69 Å². The maximum Gasteiger partial charge on any atom is 0.212 e. The van der Waals surface area contributed by atoms with Crippen LogP contribution in [0.1, 0.15) is 27.3 Å². The standard InChI is InChI=1S/C12H13N3O/c1-8-4-10(7-13-6-8)12(16)11-5-9(2)14-15(11)3/h4-7H,1-3H3. The Kier molecular flexibility index (Phi) is 2.56. The van der Waals surface area contributed by atoms with Gasteiger partial charge in [-0.3, -0.25) is 14.5 Å². The van der Waals surface area contributed by atoms with Gasteiger partial charge in [0.2, 0.25) is 5.78 Å². The maximum absolute atomic E-state index is 12.1. The molecule has 2 rings (SSSR count). The Morgan fingerprint density at radius 1 is 1.25 bits per heavy atom. The van der Waals surface area contributed by atoms with Crippen molar-refractivity contribution in [2.45, 2.75) is 13.8 Å². The highest BCUT2D eigenvalue weighted by Gasteiger charge is 2.14. The minimum absolute atomic E-state index is 0.0423. The third kappa shape index (κ3) is 1.86. The number of carbonyl (C=O) groups is 1. The molecule has 2 aromatic rings. The molecule has 0 aliphatic carbocycles. The molecular formula is C12H13N3O. The van der Waals surface area contributed by atoms with Crippen LogP contribution in [0.25, 0.3) is 0 Å². The number of nitrogens with zero attached hydrogens (tertiary/aromatic N) is 3. The van der Waals surface area contributed by atoms with Gasteiger partial charge >= 0.3 is 0 Å². The first-order valence-electron chi connectivity index (χ1n) is 5.05. The summed E-state index contributed by atoms with van der Waals surface area (Å²) in [5.74, 6) is -0.0423. The third-order valence-corrected chi connectivity index (χ3v) is 2.37. The fourth-order valence-corrected chi connectivity index (χ4v) is 1.65. The van der Waals surface area contributed by atoms with E-state index in [1.54, 1.807) is 30.2 Å². The van der Waals surface area contributed by atoms with E-state index in [-0.39, 0.29) is 5.78 Å². The number of rotatable bonds is 2. The second kappa shape index (κ2) is 3.89. The van der Waals surface area contributed by atoms with E-state index in [9.17, 15) is 4.79 Å². The number of ketones is 1. The molecule has 0 N–H and O–H groups in total. The summed E-state index contributed by atoms with van der Waals surface area (Å²) < 4.78 is 1.60. The second-order valence-electron chi connectivity index (χ2n) is 3.87. The lowest BCUT2D eigenvalue weighted by molar-refractivity contribution is 0.103. The molecule has 0 aliphatic heterocycles. The third-order valence-electron chi connectivity index (χ3n) is 2.37. The Morgan fingerprint density at radius 3 is 2.56 bits per heavy atom. The number of carbonyl (C=O) groups excluding carboxylic acids is 1. The topological polar surface area (TPSA) is 47.8 Å². The minimum atomic E-state index is -0.0423. The average Bonchev–Trinajstić information content (AvgIpc) is 2.57. The first-order valence-corrected chi connectivity index (χ1v) is 5.05. The average molecular weight is 215 g/mol. The van der Waals surface area contributed by atoms with Crippen molar-refractivity contribution in [1.82, 2.24) is 14.8 Å². The van der Waals surface area contributed by atoms with Crippen LogP contribution < -0.4 is 0 Å². The zero-order chi connectivity index (χ0) is 11.7. The Morgan fingerprint density at radius 2 is 2.00 bits per heavy atom. The fourth-order valence-electron chi connectivity index (χ4n) is 1.65. The highest BCUT2D eigenvalue weighted by Crippen LogP contribution is 2.10. The Hall–Kier alpha value is -1.97. The van der Waals surface area contributed by atoms with Crippen LogP contribution in [-0.2, 0) is 7.05 Å². The largest absolute Gasteiger partial charge is 0.287 e. The van der Waals surface area contributed by atoms with Gasteiger partial charge in [0.15, 0.2) is 0 Å². The van der Waals surface area contributed by atoms with E-state index in [4.69, 9.17) is 0 Å². The van der Waals surface area contributed by atoms with Gasteiger partial charge in [-0.25, -0.2) is 0 Å². The van der Waals surface area contributed by atoms with Crippen LogP contribution in [0.15, 0.2) is 24.5 Å². The molecular weight excluding hydrogens is 202 g/mol. The van der Waals surface area contributed by atoms with E-state index in [2.05, 4.69) is 10.1 Å². The van der Waals surface area contributed by atoms with Gasteiger partial charge in [0.25, 0.3) is 0 Å². The molecule has 0 radical (unpaired) electrons. The number of aryl methyl sites for hydroxylation is 3. The maximum atomic E-state index is 12.1. The van der Waals surface area contributed by atoms with Crippen molar-refractivity contribution in [3.05, 3.63) is 47.0 Å². The van der Waals surface area contributed by atoms with Crippen molar-refractivity contribution < 1.29 is 4.79 Å². The molecule has 0 bridgehead atoms. The summed E-state index contributed by atoms with van der Waals surface area (Å²) in [6.07, 6.45) is 3.31. The summed E-state index contributed by atoms with van der Waals surface area (Å²) in [7, 11) is 1.77. The fraction of sp³-hybridized carbons (Fsp3) is 0.250. The zero-order valence-electron chi connectivity index (χ0n) is 9.56. The molecule has 0 saturated heterocycles. The summed E-state index contributed by atoms with van der Waals surface area (Å²) in [4.78, 5) is 16.1. The van der Waals surface area contributed by atoms with Crippen molar-refractivity contribution in [2.24, 2.45) is 7.05 Å². The number of hydrogen-bond acceptors (Lipinski definition) is 3. The van der Waals surface area contributed by atoms with Crippen molar-refractivity contribution in [3.63, 3.8) is 0 Å². The zero-order valence-corrected chi connectivity index (χ0v) is 9.56. The minimum Gasteiger partial charge on any atom is -0.287 e. The van der Waals surface area contributed by atoms with Gasteiger partial charge in [0, 0.05) is 25.0 Å². The Balaban J connectivity index is 2.43. The van der Waals surface area contributed by atoms with Crippen LogP contribution >= 0.6 is 0 Å². The summed E-state index contributed by atoms with van der Waals surface area (Å²) in [5.41, 5.74) is 3.00. The molecule has 16 heavy (non-hydrogen) atoms. The molecule has 0 unspecified atom stereocenters. The van der Waals surface area contributed by atoms with Crippen LogP contribution in [0.3, 0.4) is 0 Å². The van der Waals surface area contributed by atoms with E-state index in [0.717, 1.165) is 11.3 Å². The van der Waals surface area contributed by atoms with Crippen LogP contribution in [0.4, 0.5) is 0 Å². The number of aromatic nitrogens is 3. The van der Waals surface area contributed by atoms with Crippen LogP contribution in [0, 0.1) is 13.8 Å². The van der Waals surface area contributed by atoms with Gasteiger partial charge in [-0.05, 0) is 31.5 Å². The molecule has 4 nitrogen and oxygen atoms in total. The predicted molar refractivity (Wildman–Crippen MR) is 60.4 cm³/mol. The number of hydrogen-bond donors (Lipinski definition) is 0. The van der Waals surface area contributed by atoms with Crippen molar-refractivity contribution in [1.29, 1.82) is 0 Å². The SMILES string of the molecule is Cc1cncc(C(=O)c2cc(C)nn2C)c1. The summed E-state index contributed by atoms with van der Waals surface area (Å²) >= 11 is 0. The highest BCUT2D eigenvalue weighted by atomic mass is 16.1. The first-order chi connectivity index (χ1) is 7.58. The Bertz CT molecular complexity index is 543. The molecule has 0 atom stereocenters. The molecule has 0 saturated carbocycles. The summed E-state index contributed by atoms with van der Waals surface area (Å²) in [6, 6.07) is 3.61. The van der Waals surface area contributed by atoms with E-state index in [1.807, 2.05) is 19.9 Å². The molecule has 2 aromatic heterocycles. The van der Waals surface area contributed by atoms with Gasteiger partial charge in [-0.1, -0.05) is 0 Å². The number of pyridine rings is 1. The Labute approximate surface area is 93.9 Å². The summed E-state index contributed by atoms with van der Waals surface area (Å²) in [5, 5.41) is 4.16. The molecule has 0 aliphatic rings. The lowest BCUT2D eigenvalue weighted by Crippen LogP contribution is -2.08. The van der Waals surface area contributed by atoms with E-state index >= 15 is 0 Å². The molecule has 2 heterocycles. The van der Waals surface area contributed by atoms with Crippen molar-refractivity contribution >= 4 is 5.78 Å². The van der Waals surface area contributed by atoms with Gasteiger partial charge in [-0.15, -0.1) is 0 Å². The van der Waals surface area contributed by atoms with Gasteiger partial charge < -0.3 is 0 Å². The molecule has 0 spiro atoms. The molecule has 0 amide bonds. The smallest absolute Gasteiger partial charge is 0.212 e. The van der Waals surface area contributed by atoms with Crippen molar-refractivity contribution in [3.8, 4) is 0 Å². The highest BCUT2D eigenvalue weighted by molar-refractivity contribution is 6.07. The molecule has 0 aromatic carbocycles. The van der Waals surface area contributed by atoms with E-state index in [1.165, 1.54) is 0 Å². The molecule has 0 fully saturated rings. The van der Waals surface area contributed by atoms with Gasteiger partial charge in [-0.2, -0.15) is 5.10 Å². The van der Waals surface area contributed by atoms with E-state index < -0.39 is 0 Å². The quantitative estimate of drug-likeness (QED) is 0.716. The predicted octanol–water partition coefficient (Wildman–Crippen LogP) is 1.66. The normalized spacial score (nSPS) is 10.4. The molecule has 82 valence electrons. The molecule has 4 heteroatoms. The first kappa shape index (κ1) is 10.5. The van der Waals surface area contributed by atoms with Crippen molar-refractivity contribution in [2.75, 3.05) is 0 Å². The van der Waals surface area contributed by atoms with Crippen LogP contribution in [0.2, 0.25) is 0 Å². The lowest BCUT2D eigenvalue weighted by Gasteiger charge is -2.01. The van der Waals surface area contributed by atoms with Crippen LogP contribution in [-0.4, -0.2) is 20.5 Å². The second-order valence-corrected chi connectivity index (χ2v) is 3.87. The lowest BCUT2D eigenvalue weighted by atomic mass is 10.1.